The van der Waals surface area contributed by atoms with Gasteiger partial charge in [0.1, 0.15) is 11.9 Å². The second-order valence-electron chi connectivity index (χ2n) is 7.16. The molecule has 2 aromatic rings. The van der Waals surface area contributed by atoms with Crippen LogP contribution in [0.15, 0.2) is 48.5 Å². The number of Topliss-reactive ketones (excluding diaryl/α,β-unsaturated/α-hetero) is 1. The Morgan fingerprint density at radius 2 is 1.73 bits per heavy atom. The lowest BCUT2D eigenvalue weighted by molar-refractivity contribution is 0.0997. The van der Waals surface area contributed by atoms with Gasteiger partial charge in [0.25, 0.3) is 0 Å². The number of halogens is 1. The standard InChI is InChI=1S/C20H18FNO.C5H12.C2H6/c1-3-6-15(16-9-10-19(21)17(11-16)13-22)12-20(23)18-8-5-4-7-14(18)2;1-4-5(2)3;1-2/h4-11H,3,12H2,1-2H3;5H,4H2,1-3H3;1-2H3/b15-6-;;. The molecule has 0 heterocycles. The van der Waals surface area contributed by atoms with E-state index in [9.17, 15) is 9.18 Å². The van der Waals surface area contributed by atoms with Crippen LogP contribution in [0.5, 0.6) is 0 Å². The maximum Gasteiger partial charge on any atom is 0.167 e. The lowest BCUT2D eigenvalue weighted by atomic mass is 9.94. The van der Waals surface area contributed by atoms with E-state index < -0.39 is 5.82 Å². The van der Waals surface area contributed by atoms with Crippen LogP contribution < -0.4 is 0 Å². The number of benzene rings is 2. The van der Waals surface area contributed by atoms with Crippen molar-refractivity contribution in [3.63, 3.8) is 0 Å². The highest BCUT2D eigenvalue weighted by Gasteiger charge is 2.13. The van der Waals surface area contributed by atoms with E-state index in [0.29, 0.717) is 11.1 Å². The third kappa shape index (κ3) is 9.18. The minimum atomic E-state index is -0.544. The van der Waals surface area contributed by atoms with Crippen LogP contribution in [0.25, 0.3) is 5.57 Å². The summed E-state index contributed by atoms with van der Waals surface area (Å²) >= 11 is 0. The predicted octanol–water partition coefficient (Wildman–Crippen LogP) is 8.15. The van der Waals surface area contributed by atoms with Gasteiger partial charge in [-0.1, -0.05) is 84.4 Å². The summed E-state index contributed by atoms with van der Waals surface area (Å²) in [4.78, 5) is 12.6. The van der Waals surface area contributed by atoms with Crippen LogP contribution in [0.2, 0.25) is 0 Å². The molecule has 0 aliphatic heterocycles. The second-order valence-corrected chi connectivity index (χ2v) is 7.16. The van der Waals surface area contributed by atoms with Gasteiger partial charge in [0, 0.05) is 12.0 Å². The maximum absolute atomic E-state index is 13.5. The van der Waals surface area contributed by atoms with Gasteiger partial charge in [-0.3, -0.25) is 4.79 Å². The highest BCUT2D eigenvalue weighted by molar-refractivity contribution is 6.03. The van der Waals surface area contributed by atoms with E-state index in [0.717, 1.165) is 23.5 Å². The molecular formula is C27H36FNO. The first kappa shape index (κ1) is 27.3. The highest BCUT2D eigenvalue weighted by atomic mass is 19.1. The molecule has 0 saturated carbocycles. The van der Waals surface area contributed by atoms with Gasteiger partial charge in [-0.05, 0) is 48.1 Å². The zero-order chi connectivity index (χ0) is 23.1. The molecule has 0 unspecified atom stereocenters. The molecule has 0 saturated heterocycles. The van der Waals surface area contributed by atoms with Crippen molar-refractivity contribution in [2.24, 2.45) is 5.92 Å². The fraction of sp³-hybridized carbons (Fsp3) is 0.407. The molecule has 0 aliphatic rings. The molecule has 0 spiro atoms. The molecule has 0 radical (unpaired) electrons. The Morgan fingerprint density at radius 1 is 1.13 bits per heavy atom. The van der Waals surface area contributed by atoms with Crippen LogP contribution in [0.4, 0.5) is 4.39 Å². The summed E-state index contributed by atoms with van der Waals surface area (Å²) in [6, 6.07) is 13.7. The minimum Gasteiger partial charge on any atom is -0.294 e. The minimum absolute atomic E-state index is 0.00663. The van der Waals surface area contributed by atoms with Crippen LogP contribution in [0.3, 0.4) is 0 Å². The Bertz CT molecular complexity index is 859. The van der Waals surface area contributed by atoms with Gasteiger partial charge < -0.3 is 0 Å². The topological polar surface area (TPSA) is 40.9 Å². The van der Waals surface area contributed by atoms with Crippen molar-refractivity contribution in [2.75, 3.05) is 0 Å². The van der Waals surface area contributed by atoms with Crippen molar-refractivity contribution in [3.05, 3.63) is 76.6 Å². The number of aryl methyl sites for hydroxylation is 1. The van der Waals surface area contributed by atoms with E-state index in [2.05, 4.69) is 20.8 Å². The van der Waals surface area contributed by atoms with Crippen LogP contribution in [0, 0.1) is 30.0 Å². The first-order valence-electron chi connectivity index (χ1n) is 10.8. The van der Waals surface area contributed by atoms with Gasteiger partial charge in [-0.25, -0.2) is 4.39 Å². The average Bonchev–Trinajstić information content (AvgIpc) is 2.76. The fourth-order valence-corrected chi connectivity index (χ4v) is 2.50. The molecule has 30 heavy (non-hydrogen) atoms. The molecule has 3 heteroatoms. The third-order valence-corrected chi connectivity index (χ3v) is 4.52. The first-order valence-corrected chi connectivity index (χ1v) is 10.8. The van der Waals surface area contributed by atoms with E-state index in [1.165, 1.54) is 18.6 Å². The van der Waals surface area contributed by atoms with Crippen LogP contribution >= 0.6 is 0 Å². The Labute approximate surface area is 182 Å². The van der Waals surface area contributed by atoms with E-state index >= 15 is 0 Å². The van der Waals surface area contributed by atoms with Gasteiger partial charge in [-0.2, -0.15) is 5.26 Å². The molecule has 2 rings (SSSR count). The third-order valence-electron chi connectivity index (χ3n) is 4.52. The lowest BCUT2D eigenvalue weighted by Crippen LogP contribution is -2.03. The Balaban J connectivity index is 0.00000105. The van der Waals surface area contributed by atoms with Gasteiger partial charge in [0.05, 0.1) is 5.56 Å². The van der Waals surface area contributed by atoms with E-state index in [1.54, 1.807) is 6.07 Å². The normalized spacial score (nSPS) is 10.3. The highest BCUT2D eigenvalue weighted by Crippen LogP contribution is 2.24. The molecule has 0 bridgehead atoms. The molecule has 0 fully saturated rings. The monoisotopic (exact) mass is 409 g/mol. The van der Waals surface area contributed by atoms with Crippen molar-refractivity contribution in [2.45, 2.75) is 67.7 Å². The van der Waals surface area contributed by atoms with Crippen molar-refractivity contribution < 1.29 is 9.18 Å². The molecule has 0 amide bonds. The summed E-state index contributed by atoms with van der Waals surface area (Å²) in [5.74, 6) is 0.359. The Kier molecular flexibility index (Phi) is 13.8. The lowest BCUT2D eigenvalue weighted by Gasteiger charge is -2.10. The second kappa shape index (κ2) is 15.2. The van der Waals surface area contributed by atoms with E-state index in [4.69, 9.17) is 5.26 Å². The number of carbonyl (C=O) groups is 1. The van der Waals surface area contributed by atoms with E-state index in [-0.39, 0.29) is 17.8 Å². The summed E-state index contributed by atoms with van der Waals surface area (Å²) in [6.07, 6.45) is 4.25. The largest absolute Gasteiger partial charge is 0.294 e. The molecule has 0 atom stereocenters. The fourth-order valence-electron chi connectivity index (χ4n) is 2.50. The van der Waals surface area contributed by atoms with Crippen molar-refractivity contribution in [3.8, 4) is 6.07 Å². The molecule has 2 aromatic carbocycles. The predicted molar refractivity (Wildman–Crippen MR) is 126 cm³/mol. The number of rotatable bonds is 6. The van der Waals surface area contributed by atoms with Crippen molar-refractivity contribution in [1.29, 1.82) is 5.26 Å². The zero-order valence-corrected chi connectivity index (χ0v) is 19.6. The van der Waals surface area contributed by atoms with E-state index in [1.807, 2.05) is 64.1 Å². The van der Waals surface area contributed by atoms with Crippen LogP contribution in [-0.4, -0.2) is 5.78 Å². The number of nitrogens with zero attached hydrogens (tertiary/aromatic N) is 1. The molecule has 0 N–H and O–H groups in total. The summed E-state index contributed by atoms with van der Waals surface area (Å²) < 4.78 is 13.5. The van der Waals surface area contributed by atoms with Gasteiger partial charge in [-0.15, -0.1) is 0 Å². The number of hydrogen-bond acceptors (Lipinski definition) is 2. The Hall–Kier alpha value is -2.73. The van der Waals surface area contributed by atoms with Crippen molar-refractivity contribution >= 4 is 11.4 Å². The average molecular weight is 410 g/mol. The smallest absolute Gasteiger partial charge is 0.167 e. The van der Waals surface area contributed by atoms with Gasteiger partial charge >= 0.3 is 0 Å². The van der Waals surface area contributed by atoms with Gasteiger partial charge in [0.15, 0.2) is 5.78 Å². The van der Waals surface area contributed by atoms with Crippen molar-refractivity contribution in [1.82, 2.24) is 0 Å². The number of allylic oxidation sites excluding steroid dienone is 2. The number of carbonyl (C=O) groups excluding carboxylic acids is 1. The van der Waals surface area contributed by atoms with Gasteiger partial charge in [0.2, 0.25) is 0 Å². The molecule has 2 nitrogen and oxygen atoms in total. The number of ketones is 1. The first-order chi connectivity index (χ1) is 14.3. The summed E-state index contributed by atoms with van der Waals surface area (Å²) in [6.45, 7) is 14.5. The summed E-state index contributed by atoms with van der Waals surface area (Å²) in [5.41, 5.74) is 3.15. The molecule has 162 valence electrons. The molecule has 0 aromatic heterocycles. The maximum atomic E-state index is 13.5. The Morgan fingerprint density at radius 3 is 2.23 bits per heavy atom. The molecular weight excluding hydrogens is 373 g/mol. The zero-order valence-electron chi connectivity index (χ0n) is 19.6. The number of nitriles is 1. The van der Waals surface area contributed by atoms with Crippen LogP contribution in [0.1, 0.15) is 87.9 Å². The summed E-state index contributed by atoms with van der Waals surface area (Å²) in [7, 11) is 0. The summed E-state index contributed by atoms with van der Waals surface area (Å²) in [5, 5.41) is 8.97. The SMILES string of the molecule is CC.CC/C=C(/CC(=O)c1ccccc1C)c1ccc(F)c(C#N)c1.CCC(C)C. The number of hydrogen-bond donors (Lipinski definition) is 0. The van der Waals surface area contributed by atoms with Crippen LogP contribution in [-0.2, 0) is 0 Å². The quantitative estimate of drug-likeness (QED) is 0.452. The molecule has 0 aliphatic carbocycles.